The molecule has 58 valence electrons. The summed E-state index contributed by atoms with van der Waals surface area (Å²) in [7, 11) is 0. The van der Waals surface area contributed by atoms with Gasteiger partial charge in [-0.3, -0.25) is 0 Å². The fraction of sp³-hybridized carbons (Fsp3) is 0.111. The molecule has 1 aromatic rings. The molecule has 0 heterocycles. The molecule has 0 bridgehead atoms. The lowest BCUT2D eigenvalue weighted by Gasteiger charge is -1.92. The molecule has 2 N–H and O–H groups in total. The minimum Gasteiger partial charge on any atom is -0.327 e. The van der Waals surface area contributed by atoms with Gasteiger partial charge in [0.25, 0.3) is 0 Å². The van der Waals surface area contributed by atoms with E-state index in [4.69, 9.17) is 17.3 Å². The zero-order valence-electron chi connectivity index (χ0n) is 6.13. The Balaban J connectivity index is 2.79. The molecule has 0 amide bonds. The summed E-state index contributed by atoms with van der Waals surface area (Å²) in [4.78, 5) is 0. The minimum atomic E-state index is 0.562. The summed E-state index contributed by atoms with van der Waals surface area (Å²) in [5, 5.41) is 0.754. The van der Waals surface area contributed by atoms with Crippen LogP contribution in [-0.4, -0.2) is 6.54 Å². The molecule has 0 spiro atoms. The lowest BCUT2D eigenvalue weighted by Crippen LogP contribution is -1.91. The third kappa shape index (κ3) is 2.74. The first-order chi connectivity index (χ1) is 5.33. The van der Waals surface area contributed by atoms with Crippen LogP contribution in [0.15, 0.2) is 30.3 Å². The first-order valence-electron chi connectivity index (χ1n) is 3.45. The maximum atomic E-state index is 5.76. The second-order valence-electron chi connectivity index (χ2n) is 2.19. The second-order valence-corrected chi connectivity index (χ2v) is 2.63. The maximum Gasteiger partial charge on any atom is 0.0411 e. The van der Waals surface area contributed by atoms with Crippen LogP contribution in [0.2, 0.25) is 5.02 Å². The van der Waals surface area contributed by atoms with Crippen LogP contribution in [-0.2, 0) is 0 Å². The summed E-state index contributed by atoms with van der Waals surface area (Å²) in [6.07, 6.45) is 3.84. The Morgan fingerprint density at radius 2 is 2.27 bits per heavy atom. The number of hydrogen-bond donors (Lipinski definition) is 1. The molecular weight excluding hydrogens is 158 g/mol. The molecule has 0 aliphatic carbocycles. The predicted octanol–water partition coefficient (Wildman–Crippen LogP) is 2.31. The molecule has 0 atom stereocenters. The van der Waals surface area contributed by atoms with Gasteiger partial charge in [-0.1, -0.05) is 35.9 Å². The van der Waals surface area contributed by atoms with Crippen molar-refractivity contribution in [3.63, 3.8) is 0 Å². The van der Waals surface area contributed by atoms with Gasteiger partial charge in [0, 0.05) is 11.6 Å². The van der Waals surface area contributed by atoms with E-state index in [1.165, 1.54) is 0 Å². The molecule has 0 saturated carbocycles. The number of hydrogen-bond acceptors (Lipinski definition) is 1. The molecule has 1 nitrogen and oxygen atoms in total. The van der Waals surface area contributed by atoms with Gasteiger partial charge in [-0.15, -0.1) is 0 Å². The van der Waals surface area contributed by atoms with Crippen molar-refractivity contribution in [3.8, 4) is 0 Å². The zero-order valence-corrected chi connectivity index (χ0v) is 6.88. The van der Waals surface area contributed by atoms with Crippen molar-refractivity contribution in [2.45, 2.75) is 0 Å². The Hall–Kier alpha value is -0.790. The van der Waals surface area contributed by atoms with Gasteiger partial charge < -0.3 is 5.73 Å². The smallest absolute Gasteiger partial charge is 0.0411 e. The van der Waals surface area contributed by atoms with Crippen LogP contribution in [0, 0.1) is 0 Å². The van der Waals surface area contributed by atoms with E-state index in [1.54, 1.807) is 0 Å². The standard InChI is InChI=1S/C9H10ClN/c10-9-5-1-3-8(7-9)4-2-6-11/h1-5,7H,6,11H2. The number of benzene rings is 1. The minimum absolute atomic E-state index is 0.562. The summed E-state index contributed by atoms with van der Waals surface area (Å²) in [6.45, 7) is 0.562. The van der Waals surface area contributed by atoms with E-state index in [0.29, 0.717) is 6.54 Å². The van der Waals surface area contributed by atoms with Crippen LogP contribution in [0.4, 0.5) is 0 Å². The molecule has 1 rings (SSSR count). The van der Waals surface area contributed by atoms with E-state index in [-0.39, 0.29) is 0 Å². The molecule has 11 heavy (non-hydrogen) atoms. The van der Waals surface area contributed by atoms with Crippen molar-refractivity contribution < 1.29 is 0 Å². The van der Waals surface area contributed by atoms with Gasteiger partial charge in [0.05, 0.1) is 0 Å². The number of nitrogens with two attached hydrogens (primary N) is 1. The van der Waals surface area contributed by atoms with Gasteiger partial charge in [-0.2, -0.15) is 0 Å². The maximum absolute atomic E-state index is 5.76. The molecule has 0 fully saturated rings. The van der Waals surface area contributed by atoms with Crippen molar-refractivity contribution >= 4 is 17.7 Å². The Bertz CT molecular complexity index is 255. The van der Waals surface area contributed by atoms with E-state index in [0.717, 1.165) is 10.6 Å². The highest BCUT2D eigenvalue weighted by atomic mass is 35.5. The predicted molar refractivity (Wildman–Crippen MR) is 49.5 cm³/mol. The zero-order chi connectivity index (χ0) is 8.10. The number of halogens is 1. The molecule has 0 unspecified atom stereocenters. The quantitative estimate of drug-likeness (QED) is 0.719. The SMILES string of the molecule is NCC=Cc1cccc(Cl)c1. The lowest BCUT2D eigenvalue weighted by atomic mass is 10.2. The van der Waals surface area contributed by atoms with E-state index in [9.17, 15) is 0 Å². The lowest BCUT2D eigenvalue weighted by molar-refractivity contribution is 1.26. The monoisotopic (exact) mass is 167 g/mol. The first kappa shape index (κ1) is 8.31. The molecule has 2 heteroatoms. The molecule has 0 saturated heterocycles. The highest BCUT2D eigenvalue weighted by molar-refractivity contribution is 6.30. The van der Waals surface area contributed by atoms with Gasteiger partial charge in [0.15, 0.2) is 0 Å². The topological polar surface area (TPSA) is 26.0 Å². The largest absolute Gasteiger partial charge is 0.327 e. The van der Waals surface area contributed by atoms with Gasteiger partial charge in [-0.05, 0) is 17.7 Å². The molecule has 0 aliphatic heterocycles. The van der Waals surface area contributed by atoms with E-state index < -0.39 is 0 Å². The van der Waals surface area contributed by atoms with Crippen LogP contribution in [0.3, 0.4) is 0 Å². The van der Waals surface area contributed by atoms with Crippen LogP contribution in [0.1, 0.15) is 5.56 Å². The molecule has 0 aromatic heterocycles. The first-order valence-corrected chi connectivity index (χ1v) is 3.83. The van der Waals surface area contributed by atoms with Gasteiger partial charge in [0.1, 0.15) is 0 Å². The highest BCUT2D eigenvalue weighted by Gasteiger charge is 1.86. The molecule has 0 aliphatic rings. The molecule has 1 aromatic carbocycles. The normalized spacial score (nSPS) is 10.7. The summed E-state index contributed by atoms with van der Waals surface area (Å²) in [5.74, 6) is 0. The van der Waals surface area contributed by atoms with Gasteiger partial charge >= 0.3 is 0 Å². The van der Waals surface area contributed by atoms with Crippen molar-refractivity contribution in [2.75, 3.05) is 6.54 Å². The van der Waals surface area contributed by atoms with Crippen LogP contribution in [0.25, 0.3) is 6.08 Å². The molecule has 0 radical (unpaired) electrons. The summed E-state index contributed by atoms with van der Waals surface area (Å²) in [5.41, 5.74) is 6.38. The number of rotatable bonds is 2. The fourth-order valence-corrected chi connectivity index (χ4v) is 1.01. The fourth-order valence-electron chi connectivity index (χ4n) is 0.814. The van der Waals surface area contributed by atoms with Crippen LogP contribution >= 0.6 is 11.6 Å². The van der Waals surface area contributed by atoms with Crippen molar-refractivity contribution in [3.05, 3.63) is 40.9 Å². The Labute approximate surface area is 71.5 Å². The Morgan fingerprint density at radius 1 is 1.45 bits per heavy atom. The Kier molecular flexibility index (Phi) is 3.14. The average Bonchev–Trinajstić information content (AvgIpc) is 2.01. The third-order valence-electron chi connectivity index (χ3n) is 1.30. The van der Waals surface area contributed by atoms with E-state index in [1.807, 2.05) is 36.4 Å². The summed E-state index contributed by atoms with van der Waals surface area (Å²) < 4.78 is 0. The second kappa shape index (κ2) is 4.16. The summed E-state index contributed by atoms with van der Waals surface area (Å²) >= 11 is 5.76. The van der Waals surface area contributed by atoms with Crippen molar-refractivity contribution in [2.24, 2.45) is 5.73 Å². The molecular formula is C9H10ClN. The van der Waals surface area contributed by atoms with Crippen molar-refractivity contribution in [1.82, 2.24) is 0 Å². The Morgan fingerprint density at radius 3 is 2.91 bits per heavy atom. The van der Waals surface area contributed by atoms with Crippen molar-refractivity contribution in [1.29, 1.82) is 0 Å². The van der Waals surface area contributed by atoms with E-state index >= 15 is 0 Å². The highest BCUT2D eigenvalue weighted by Crippen LogP contribution is 2.11. The third-order valence-corrected chi connectivity index (χ3v) is 1.53. The van der Waals surface area contributed by atoms with Gasteiger partial charge in [-0.25, -0.2) is 0 Å². The average molecular weight is 168 g/mol. The summed E-state index contributed by atoms with van der Waals surface area (Å²) in [6, 6.07) is 7.64. The van der Waals surface area contributed by atoms with E-state index in [2.05, 4.69) is 0 Å². The van der Waals surface area contributed by atoms with Crippen LogP contribution in [0.5, 0.6) is 0 Å². The van der Waals surface area contributed by atoms with Gasteiger partial charge in [0.2, 0.25) is 0 Å². The van der Waals surface area contributed by atoms with Crippen LogP contribution < -0.4 is 5.73 Å².